The van der Waals surface area contributed by atoms with Crippen LogP contribution in [0.25, 0.3) is 0 Å². The Kier molecular flexibility index (Phi) is 11.7. The lowest BCUT2D eigenvalue weighted by atomic mass is 9.82. The molecule has 1 aliphatic rings. The standard InChI is InChI=1S/C32H46N2O3/c1-5-9-13-23(7-3)21-34-28-18-12-16-26-30(28)32(36)25-15-11-17-27(29(25)31(26)35)33-19-20-37-22-24(8-4)14-10-6-2/h11-12,15-18,23-24,33-34H,5-10,13-14,19-22H2,1-4H3. The molecule has 5 nitrogen and oxygen atoms in total. The van der Waals surface area contributed by atoms with Gasteiger partial charge in [0.05, 0.1) is 17.7 Å². The first-order chi connectivity index (χ1) is 18.0. The zero-order valence-electron chi connectivity index (χ0n) is 23.3. The lowest BCUT2D eigenvalue weighted by molar-refractivity contribution is 0.0979. The van der Waals surface area contributed by atoms with E-state index in [1.54, 1.807) is 12.1 Å². The predicted octanol–water partition coefficient (Wildman–Crippen LogP) is 7.74. The Morgan fingerprint density at radius 1 is 0.730 bits per heavy atom. The van der Waals surface area contributed by atoms with E-state index in [2.05, 4.69) is 38.3 Å². The average Bonchev–Trinajstić information content (AvgIpc) is 2.93. The SMILES string of the molecule is CCCCC(CC)CNc1cccc2c1C(=O)c1cccc(NCCOCC(CC)CCCC)c1C2=O. The summed E-state index contributed by atoms with van der Waals surface area (Å²) in [6, 6.07) is 11.1. The first-order valence-corrected chi connectivity index (χ1v) is 14.5. The van der Waals surface area contributed by atoms with Gasteiger partial charge in [0.15, 0.2) is 11.6 Å². The van der Waals surface area contributed by atoms with Crippen LogP contribution >= 0.6 is 0 Å². The lowest BCUT2D eigenvalue weighted by Gasteiger charge is -2.24. The fourth-order valence-electron chi connectivity index (χ4n) is 5.14. The highest BCUT2D eigenvalue weighted by atomic mass is 16.5. The van der Waals surface area contributed by atoms with Crippen molar-refractivity contribution in [2.45, 2.75) is 79.1 Å². The Bertz CT molecular complexity index is 1030. The Balaban J connectivity index is 1.69. The van der Waals surface area contributed by atoms with Crippen molar-refractivity contribution in [2.75, 3.05) is 36.9 Å². The third-order valence-corrected chi connectivity index (χ3v) is 7.66. The highest BCUT2D eigenvalue weighted by molar-refractivity contribution is 6.31. The fourth-order valence-corrected chi connectivity index (χ4v) is 5.14. The summed E-state index contributed by atoms with van der Waals surface area (Å²) in [5, 5.41) is 6.86. The van der Waals surface area contributed by atoms with Crippen LogP contribution in [0.2, 0.25) is 0 Å². The molecule has 202 valence electrons. The predicted molar refractivity (Wildman–Crippen MR) is 154 cm³/mol. The van der Waals surface area contributed by atoms with Gasteiger partial charge in [-0.2, -0.15) is 0 Å². The van der Waals surface area contributed by atoms with Gasteiger partial charge >= 0.3 is 0 Å². The molecule has 3 rings (SSSR count). The van der Waals surface area contributed by atoms with E-state index in [9.17, 15) is 9.59 Å². The molecule has 2 atom stereocenters. The van der Waals surface area contributed by atoms with Crippen LogP contribution < -0.4 is 10.6 Å². The van der Waals surface area contributed by atoms with E-state index in [-0.39, 0.29) is 11.6 Å². The van der Waals surface area contributed by atoms with Crippen LogP contribution in [0.5, 0.6) is 0 Å². The molecule has 0 spiro atoms. The molecule has 5 heteroatoms. The number of ether oxygens (including phenoxy) is 1. The monoisotopic (exact) mass is 506 g/mol. The van der Waals surface area contributed by atoms with Crippen LogP contribution in [-0.2, 0) is 4.74 Å². The van der Waals surface area contributed by atoms with E-state index in [0.717, 1.165) is 31.7 Å². The number of nitrogens with one attached hydrogen (secondary N) is 2. The highest BCUT2D eigenvalue weighted by Gasteiger charge is 2.33. The van der Waals surface area contributed by atoms with Crippen LogP contribution in [0, 0.1) is 11.8 Å². The molecule has 0 radical (unpaired) electrons. The van der Waals surface area contributed by atoms with Gasteiger partial charge < -0.3 is 15.4 Å². The molecule has 1 aliphatic carbocycles. The molecule has 0 aliphatic heterocycles. The van der Waals surface area contributed by atoms with Crippen LogP contribution in [0.15, 0.2) is 36.4 Å². The number of benzene rings is 2. The quantitative estimate of drug-likeness (QED) is 0.183. The van der Waals surface area contributed by atoms with E-state index >= 15 is 0 Å². The van der Waals surface area contributed by atoms with Gasteiger partial charge in [-0.15, -0.1) is 0 Å². The van der Waals surface area contributed by atoms with Crippen molar-refractivity contribution < 1.29 is 14.3 Å². The molecule has 0 aromatic heterocycles. The van der Waals surface area contributed by atoms with Gasteiger partial charge in [-0.25, -0.2) is 0 Å². The van der Waals surface area contributed by atoms with Crippen molar-refractivity contribution in [1.29, 1.82) is 0 Å². The minimum atomic E-state index is -0.0964. The van der Waals surface area contributed by atoms with Crippen LogP contribution in [0.3, 0.4) is 0 Å². The van der Waals surface area contributed by atoms with Crippen molar-refractivity contribution in [3.05, 3.63) is 58.7 Å². The van der Waals surface area contributed by atoms with E-state index in [1.807, 2.05) is 24.3 Å². The van der Waals surface area contributed by atoms with Crippen LogP contribution in [-0.4, -0.2) is 37.9 Å². The number of fused-ring (bicyclic) bond motifs is 2. The summed E-state index contributed by atoms with van der Waals surface area (Å²) in [6.45, 7) is 11.6. The number of hydrogen-bond donors (Lipinski definition) is 2. The summed E-state index contributed by atoms with van der Waals surface area (Å²) in [6.07, 6.45) is 9.43. The molecule has 2 unspecified atom stereocenters. The normalized spacial score (nSPS) is 14.2. The third kappa shape index (κ3) is 7.44. The summed E-state index contributed by atoms with van der Waals surface area (Å²) >= 11 is 0. The number of carbonyl (C=O) groups excluding carboxylic acids is 2. The van der Waals surface area contributed by atoms with Crippen molar-refractivity contribution in [3.63, 3.8) is 0 Å². The maximum Gasteiger partial charge on any atom is 0.196 e. The minimum absolute atomic E-state index is 0.0871. The molecule has 0 saturated carbocycles. The Hall–Kier alpha value is -2.66. The molecule has 2 aromatic rings. The van der Waals surface area contributed by atoms with E-state index in [4.69, 9.17) is 4.74 Å². The van der Waals surface area contributed by atoms with Gasteiger partial charge in [-0.1, -0.05) is 90.5 Å². The number of carbonyl (C=O) groups is 2. The molecule has 0 bridgehead atoms. The Labute approximate surface area is 223 Å². The van der Waals surface area contributed by atoms with Crippen LogP contribution in [0.4, 0.5) is 11.4 Å². The summed E-state index contributed by atoms with van der Waals surface area (Å²) < 4.78 is 5.93. The number of unbranched alkanes of at least 4 members (excludes halogenated alkanes) is 2. The maximum absolute atomic E-state index is 13.6. The van der Waals surface area contributed by atoms with Gasteiger partial charge in [-0.05, 0) is 36.8 Å². The van der Waals surface area contributed by atoms with Gasteiger partial charge in [-0.3, -0.25) is 9.59 Å². The van der Waals surface area contributed by atoms with Gasteiger partial charge in [0.1, 0.15) is 0 Å². The van der Waals surface area contributed by atoms with Crippen molar-refractivity contribution in [3.8, 4) is 0 Å². The highest BCUT2D eigenvalue weighted by Crippen LogP contribution is 2.35. The van der Waals surface area contributed by atoms with Crippen molar-refractivity contribution in [2.24, 2.45) is 11.8 Å². The molecular formula is C32H46N2O3. The number of anilines is 2. The second kappa shape index (κ2) is 14.9. The molecule has 0 amide bonds. The Morgan fingerprint density at radius 2 is 1.27 bits per heavy atom. The second-order valence-corrected chi connectivity index (χ2v) is 10.3. The first kappa shape index (κ1) is 28.9. The van der Waals surface area contributed by atoms with Gasteiger partial charge in [0.2, 0.25) is 0 Å². The zero-order valence-corrected chi connectivity index (χ0v) is 23.3. The van der Waals surface area contributed by atoms with E-state index < -0.39 is 0 Å². The molecule has 37 heavy (non-hydrogen) atoms. The number of hydrogen-bond acceptors (Lipinski definition) is 5. The lowest BCUT2D eigenvalue weighted by Crippen LogP contribution is -2.25. The number of ketones is 2. The van der Waals surface area contributed by atoms with Crippen LogP contribution in [0.1, 0.15) is 111 Å². The minimum Gasteiger partial charge on any atom is -0.384 e. The summed E-state index contributed by atoms with van der Waals surface area (Å²) in [5.41, 5.74) is 3.39. The molecule has 2 N–H and O–H groups in total. The molecule has 0 heterocycles. The average molecular weight is 507 g/mol. The summed E-state index contributed by atoms with van der Waals surface area (Å²) in [4.78, 5) is 27.3. The van der Waals surface area contributed by atoms with Crippen molar-refractivity contribution >= 4 is 22.9 Å². The fraction of sp³-hybridized carbons (Fsp3) is 0.562. The van der Waals surface area contributed by atoms with E-state index in [1.165, 1.54) is 38.5 Å². The van der Waals surface area contributed by atoms with E-state index in [0.29, 0.717) is 52.9 Å². The summed E-state index contributed by atoms with van der Waals surface area (Å²) in [7, 11) is 0. The maximum atomic E-state index is 13.6. The molecule has 0 saturated heterocycles. The van der Waals surface area contributed by atoms with Gasteiger partial charge in [0, 0.05) is 42.2 Å². The molecule has 2 aromatic carbocycles. The molecular weight excluding hydrogens is 460 g/mol. The second-order valence-electron chi connectivity index (χ2n) is 10.3. The van der Waals surface area contributed by atoms with Gasteiger partial charge in [0.25, 0.3) is 0 Å². The Morgan fingerprint density at radius 3 is 1.81 bits per heavy atom. The zero-order chi connectivity index (χ0) is 26.6. The van der Waals surface area contributed by atoms with Crippen molar-refractivity contribution in [1.82, 2.24) is 0 Å². The smallest absolute Gasteiger partial charge is 0.196 e. The first-order valence-electron chi connectivity index (χ1n) is 14.5. The molecule has 0 fully saturated rings. The third-order valence-electron chi connectivity index (χ3n) is 7.66. The largest absolute Gasteiger partial charge is 0.384 e. The number of rotatable bonds is 17. The summed E-state index contributed by atoms with van der Waals surface area (Å²) in [5.74, 6) is 0.966. The topological polar surface area (TPSA) is 67.4 Å².